The molecule has 0 saturated carbocycles. The molecular formula is C59H46N2. The van der Waals surface area contributed by atoms with Gasteiger partial charge in [-0.25, -0.2) is 0 Å². The zero-order valence-corrected chi connectivity index (χ0v) is 34.7. The van der Waals surface area contributed by atoms with Gasteiger partial charge in [0, 0.05) is 22.5 Å². The molecule has 7 aromatic carbocycles. The van der Waals surface area contributed by atoms with E-state index in [-0.39, 0.29) is 5.41 Å². The molecule has 0 unspecified atom stereocenters. The molecule has 0 bridgehead atoms. The van der Waals surface area contributed by atoms with Gasteiger partial charge in [-0.15, -0.1) is 0 Å². The largest absolute Gasteiger partial charge is 0.317 e. The van der Waals surface area contributed by atoms with Crippen molar-refractivity contribution in [3.05, 3.63) is 225 Å². The third kappa shape index (κ3) is 5.85. The standard InChI is InChI=1S/C59H46N2/c1-59(2)53-36-40(22-32-51(53)52-34-30-48(38-54(52)59)61-57-17-9-5-13-43(57)25-26-44-14-6-10-18-58(44)61)20-19-39-21-31-49-45(35-39)27-28-46-37-47(29-33-50(46)49)60-55-15-7-3-11-41(55)23-24-42-12-4-8-16-56(42)60/h3-9,11-17,19-29,31-33,35-38H,10,18,30,34H2,1-2H3/b20-19+. The number of benzene rings is 7. The van der Waals surface area contributed by atoms with Crippen LogP contribution in [0.5, 0.6) is 0 Å². The van der Waals surface area contributed by atoms with E-state index < -0.39 is 0 Å². The van der Waals surface area contributed by atoms with E-state index in [1.165, 1.54) is 106 Å². The molecule has 292 valence electrons. The maximum absolute atomic E-state index is 2.60. The maximum atomic E-state index is 2.60. The van der Waals surface area contributed by atoms with Crippen molar-refractivity contribution in [1.29, 1.82) is 0 Å². The van der Waals surface area contributed by atoms with Crippen molar-refractivity contribution in [1.82, 2.24) is 0 Å². The predicted molar refractivity (Wildman–Crippen MR) is 261 cm³/mol. The van der Waals surface area contributed by atoms with Crippen LogP contribution < -0.4 is 9.80 Å². The van der Waals surface area contributed by atoms with Gasteiger partial charge in [-0.05, 0) is 145 Å². The molecule has 0 spiro atoms. The zero-order valence-electron chi connectivity index (χ0n) is 34.7. The number of hydrogen-bond donors (Lipinski definition) is 0. The minimum Gasteiger partial charge on any atom is -0.317 e. The second kappa shape index (κ2) is 14.0. The Morgan fingerprint density at radius 2 is 1.13 bits per heavy atom. The number of allylic oxidation sites excluding steroid dienone is 9. The van der Waals surface area contributed by atoms with Crippen LogP contribution in [0.15, 0.2) is 186 Å². The first kappa shape index (κ1) is 35.8. The normalized spacial score (nSPS) is 17.2. The van der Waals surface area contributed by atoms with Gasteiger partial charge in [-0.3, -0.25) is 0 Å². The number of para-hydroxylation sites is 3. The van der Waals surface area contributed by atoms with Crippen LogP contribution in [0.3, 0.4) is 0 Å². The van der Waals surface area contributed by atoms with E-state index in [9.17, 15) is 0 Å². The smallest absolute Gasteiger partial charge is 0.0534 e. The van der Waals surface area contributed by atoms with Gasteiger partial charge in [0.1, 0.15) is 0 Å². The van der Waals surface area contributed by atoms with Crippen molar-refractivity contribution in [3.8, 4) is 0 Å². The molecule has 3 aliphatic carbocycles. The van der Waals surface area contributed by atoms with Gasteiger partial charge in [0.2, 0.25) is 0 Å². The Bertz CT molecular complexity index is 3180. The summed E-state index contributed by atoms with van der Waals surface area (Å²) in [5, 5.41) is 5.03. The zero-order chi connectivity index (χ0) is 40.7. The predicted octanol–water partition coefficient (Wildman–Crippen LogP) is 16.0. The number of rotatable bonds is 4. The van der Waals surface area contributed by atoms with Crippen molar-refractivity contribution in [3.63, 3.8) is 0 Å². The van der Waals surface area contributed by atoms with Crippen LogP contribution in [0.1, 0.15) is 78.5 Å². The Balaban J connectivity index is 0.833. The first-order valence-electron chi connectivity index (χ1n) is 21.8. The van der Waals surface area contributed by atoms with Gasteiger partial charge in [0.15, 0.2) is 0 Å². The second-order valence-electron chi connectivity index (χ2n) is 17.6. The number of hydrogen-bond acceptors (Lipinski definition) is 2. The van der Waals surface area contributed by atoms with Gasteiger partial charge in [0.25, 0.3) is 0 Å². The summed E-state index contributed by atoms with van der Waals surface area (Å²) in [6.45, 7) is 4.85. The number of fused-ring (bicyclic) bond motifs is 8. The fourth-order valence-corrected chi connectivity index (χ4v) is 10.6. The molecule has 61 heavy (non-hydrogen) atoms. The quantitative estimate of drug-likeness (QED) is 0.130. The summed E-state index contributed by atoms with van der Waals surface area (Å²) in [6.07, 6.45) is 25.0. The van der Waals surface area contributed by atoms with E-state index in [4.69, 9.17) is 0 Å². The van der Waals surface area contributed by atoms with E-state index >= 15 is 0 Å². The summed E-state index contributed by atoms with van der Waals surface area (Å²) in [6, 6.07) is 51.7. The maximum Gasteiger partial charge on any atom is 0.0534 e. The summed E-state index contributed by atoms with van der Waals surface area (Å²) < 4.78 is 0. The van der Waals surface area contributed by atoms with E-state index in [0.29, 0.717) is 0 Å². The van der Waals surface area contributed by atoms with Crippen molar-refractivity contribution in [2.75, 3.05) is 9.80 Å². The fourth-order valence-electron chi connectivity index (χ4n) is 10.6. The minimum absolute atomic E-state index is 0.0891. The minimum atomic E-state index is -0.0891. The van der Waals surface area contributed by atoms with Crippen LogP contribution in [-0.2, 0) is 5.41 Å². The monoisotopic (exact) mass is 782 g/mol. The molecule has 0 fully saturated rings. The van der Waals surface area contributed by atoms with Gasteiger partial charge < -0.3 is 9.80 Å². The van der Waals surface area contributed by atoms with E-state index in [1.807, 2.05) is 0 Å². The Hall–Kier alpha value is -7.16. The van der Waals surface area contributed by atoms with Crippen molar-refractivity contribution < 1.29 is 0 Å². The van der Waals surface area contributed by atoms with E-state index in [1.54, 1.807) is 0 Å². The molecular weight excluding hydrogens is 737 g/mol. The topological polar surface area (TPSA) is 6.48 Å². The molecule has 2 aliphatic heterocycles. The second-order valence-corrected chi connectivity index (χ2v) is 17.6. The molecule has 0 radical (unpaired) electrons. The van der Waals surface area contributed by atoms with Crippen molar-refractivity contribution >= 4 is 80.2 Å². The molecule has 12 rings (SSSR count). The summed E-state index contributed by atoms with van der Waals surface area (Å²) in [7, 11) is 0. The van der Waals surface area contributed by atoms with Gasteiger partial charge in [-0.1, -0.05) is 166 Å². The third-order valence-electron chi connectivity index (χ3n) is 13.7. The fraction of sp³-hybridized carbons (Fsp3) is 0.119. The molecule has 7 aromatic rings. The lowest BCUT2D eigenvalue weighted by atomic mass is 9.79. The summed E-state index contributed by atoms with van der Waals surface area (Å²) >= 11 is 0. The third-order valence-corrected chi connectivity index (χ3v) is 13.7. The van der Waals surface area contributed by atoms with Crippen LogP contribution in [0, 0.1) is 0 Å². The Morgan fingerprint density at radius 1 is 0.525 bits per heavy atom. The Morgan fingerprint density at radius 3 is 1.85 bits per heavy atom. The highest BCUT2D eigenvalue weighted by Crippen LogP contribution is 2.53. The molecule has 5 aliphatic rings. The molecule has 0 atom stereocenters. The van der Waals surface area contributed by atoms with Crippen LogP contribution in [0.25, 0.3) is 57.5 Å². The lowest BCUT2D eigenvalue weighted by Crippen LogP contribution is -2.26. The summed E-state index contributed by atoms with van der Waals surface area (Å²) in [5.74, 6) is 0. The Labute approximate surface area is 358 Å². The van der Waals surface area contributed by atoms with Gasteiger partial charge in [0.05, 0.1) is 17.1 Å². The molecule has 2 nitrogen and oxygen atoms in total. The first-order valence-corrected chi connectivity index (χ1v) is 21.8. The lowest BCUT2D eigenvalue weighted by Gasteiger charge is -2.35. The van der Waals surface area contributed by atoms with Crippen LogP contribution in [0.2, 0.25) is 0 Å². The Kier molecular flexibility index (Phi) is 8.19. The van der Waals surface area contributed by atoms with Crippen molar-refractivity contribution in [2.45, 2.75) is 44.9 Å². The van der Waals surface area contributed by atoms with Crippen LogP contribution >= 0.6 is 0 Å². The molecule has 0 aromatic heterocycles. The highest BCUT2D eigenvalue weighted by Gasteiger charge is 2.39. The molecule has 0 amide bonds. The molecule has 0 saturated heterocycles. The average Bonchev–Trinajstić information content (AvgIpc) is 3.43. The van der Waals surface area contributed by atoms with Gasteiger partial charge in [-0.2, -0.15) is 0 Å². The van der Waals surface area contributed by atoms with Crippen molar-refractivity contribution in [2.24, 2.45) is 0 Å². The summed E-state index contributed by atoms with van der Waals surface area (Å²) in [4.78, 5) is 5.00. The highest BCUT2D eigenvalue weighted by atomic mass is 15.2. The van der Waals surface area contributed by atoms with Gasteiger partial charge >= 0.3 is 0 Å². The number of anilines is 4. The molecule has 2 heteroatoms. The highest BCUT2D eigenvalue weighted by molar-refractivity contribution is 6.09. The van der Waals surface area contributed by atoms with Crippen LogP contribution in [-0.4, -0.2) is 0 Å². The summed E-state index contributed by atoms with van der Waals surface area (Å²) in [5.41, 5.74) is 20.9. The lowest BCUT2D eigenvalue weighted by molar-refractivity contribution is 0.647. The van der Waals surface area contributed by atoms with Crippen LogP contribution in [0.4, 0.5) is 22.7 Å². The van der Waals surface area contributed by atoms with E-state index in [0.717, 1.165) is 31.4 Å². The van der Waals surface area contributed by atoms with E-state index in [2.05, 4.69) is 218 Å². The number of nitrogens with zero attached hydrogens (tertiary/aromatic N) is 2. The average molecular weight is 783 g/mol. The molecule has 0 N–H and O–H groups in total. The SMILES string of the molecule is CC1(C)C2=C(CCC(N3C4=C(C=CCC4)C=Cc4ccccc43)=C2)c2ccc(/C=C/c3ccc4c(ccc5cc(N6c7ccccc7C=Cc7ccccc76)ccc54)c3)cc21. The molecule has 2 heterocycles. The first-order chi connectivity index (χ1) is 30.0.